The summed E-state index contributed by atoms with van der Waals surface area (Å²) >= 11 is 13.0. The summed E-state index contributed by atoms with van der Waals surface area (Å²) in [7, 11) is 0. The van der Waals surface area contributed by atoms with Gasteiger partial charge >= 0.3 is 0 Å². The van der Waals surface area contributed by atoms with Crippen LogP contribution in [0.5, 0.6) is 0 Å². The molecule has 7 heteroatoms. The van der Waals surface area contributed by atoms with Gasteiger partial charge in [0.25, 0.3) is 5.91 Å². The fourth-order valence-corrected chi connectivity index (χ4v) is 2.20. The molecule has 2 heterocycles. The van der Waals surface area contributed by atoms with E-state index in [2.05, 4.69) is 15.3 Å². The van der Waals surface area contributed by atoms with Crippen LogP contribution >= 0.6 is 34.5 Å². The smallest absolute Gasteiger partial charge is 0.252 e. The maximum absolute atomic E-state index is 11.8. The first-order valence-electron chi connectivity index (χ1n) is 5.14. The maximum Gasteiger partial charge on any atom is 0.252 e. The quantitative estimate of drug-likeness (QED) is 0.884. The van der Waals surface area contributed by atoms with E-state index >= 15 is 0 Å². The average Bonchev–Trinajstić information content (AvgIpc) is 2.85. The van der Waals surface area contributed by atoms with Gasteiger partial charge in [-0.2, -0.15) is 0 Å². The van der Waals surface area contributed by atoms with E-state index in [0.717, 1.165) is 5.01 Å². The minimum absolute atomic E-state index is 0.191. The number of hydrogen-bond acceptors (Lipinski definition) is 4. The second-order valence-corrected chi connectivity index (χ2v) is 5.17. The molecule has 2 rings (SSSR count). The van der Waals surface area contributed by atoms with Crippen molar-refractivity contribution in [2.45, 2.75) is 6.42 Å². The van der Waals surface area contributed by atoms with Gasteiger partial charge in [0.2, 0.25) is 0 Å². The van der Waals surface area contributed by atoms with Gasteiger partial charge in [-0.1, -0.05) is 23.2 Å². The molecule has 0 aliphatic rings. The van der Waals surface area contributed by atoms with Gasteiger partial charge < -0.3 is 5.32 Å². The normalized spacial score (nSPS) is 10.3. The van der Waals surface area contributed by atoms with E-state index in [1.165, 1.54) is 12.3 Å². The van der Waals surface area contributed by atoms with Crippen LogP contribution in [0, 0.1) is 0 Å². The Bertz CT molecular complexity index is 545. The van der Waals surface area contributed by atoms with Crippen molar-refractivity contribution in [2.24, 2.45) is 0 Å². The monoisotopic (exact) mass is 301 g/mol. The minimum Gasteiger partial charge on any atom is -0.352 e. The van der Waals surface area contributed by atoms with Gasteiger partial charge in [0.15, 0.2) is 0 Å². The number of thiazole rings is 1. The predicted octanol–water partition coefficient (Wildman–Crippen LogP) is 2.82. The van der Waals surface area contributed by atoms with Crippen molar-refractivity contribution >= 4 is 40.4 Å². The van der Waals surface area contributed by atoms with Crippen molar-refractivity contribution in [2.75, 3.05) is 6.54 Å². The molecule has 1 N–H and O–H groups in total. The van der Waals surface area contributed by atoms with Crippen molar-refractivity contribution < 1.29 is 4.79 Å². The highest BCUT2D eigenvalue weighted by molar-refractivity contribution is 7.09. The summed E-state index contributed by atoms with van der Waals surface area (Å²) in [5.41, 5.74) is 0.392. The zero-order valence-corrected chi connectivity index (χ0v) is 11.5. The molecule has 0 aromatic carbocycles. The third-order valence-corrected chi connectivity index (χ3v) is 3.69. The van der Waals surface area contributed by atoms with E-state index in [4.69, 9.17) is 23.2 Å². The second kappa shape index (κ2) is 6.13. The summed E-state index contributed by atoms with van der Waals surface area (Å²) in [6.45, 7) is 0.520. The number of rotatable bonds is 4. The summed E-state index contributed by atoms with van der Waals surface area (Å²) in [5.74, 6) is -0.224. The van der Waals surface area contributed by atoms with Gasteiger partial charge in [0, 0.05) is 30.7 Å². The Morgan fingerprint density at radius 3 is 2.89 bits per heavy atom. The van der Waals surface area contributed by atoms with Gasteiger partial charge in [-0.3, -0.25) is 4.79 Å². The Hall–Kier alpha value is -1.17. The van der Waals surface area contributed by atoms with E-state index in [1.807, 2.05) is 5.38 Å². The Morgan fingerprint density at radius 1 is 1.39 bits per heavy atom. The second-order valence-electron chi connectivity index (χ2n) is 3.43. The highest BCUT2D eigenvalue weighted by Crippen LogP contribution is 2.19. The lowest BCUT2D eigenvalue weighted by Crippen LogP contribution is -2.25. The zero-order valence-electron chi connectivity index (χ0n) is 9.19. The molecule has 0 atom stereocenters. The lowest BCUT2D eigenvalue weighted by molar-refractivity contribution is 0.0954. The minimum atomic E-state index is -0.224. The molecular weight excluding hydrogens is 293 g/mol. The predicted molar refractivity (Wildman–Crippen MR) is 72.4 cm³/mol. The molecular formula is C11H9Cl2N3OS. The summed E-state index contributed by atoms with van der Waals surface area (Å²) in [5, 5.41) is 6.12. The number of amides is 1. The number of nitrogens with zero attached hydrogens (tertiary/aromatic N) is 2. The van der Waals surface area contributed by atoms with Crippen LogP contribution in [-0.2, 0) is 6.42 Å². The molecule has 0 aliphatic carbocycles. The van der Waals surface area contributed by atoms with Crippen LogP contribution in [0.15, 0.2) is 23.8 Å². The van der Waals surface area contributed by atoms with E-state index < -0.39 is 0 Å². The van der Waals surface area contributed by atoms with E-state index in [1.54, 1.807) is 17.5 Å². The fraction of sp³-hybridized carbons (Fsp3) is 0.182. The molecule has 2 aromatic rings. The van der Waals surface area contributed by atoms with Crippen molar-refractivity contribution in [3.05, 3.63) is 44.6 Å². The van der Waals surface area contributed by atoms with Crippen LogP contribution in [0.3, 0.4) is 0 Å². The van der Waals surface area contributed by atoms with Crippen LogP contribution in [0.25, 0.3) is 0 Å². The number of carbonyl (C=O) groups excluding carboxylic acids is 1. The Labute approximate surface area is 118 Å². The molecule has 0 fully saturated rings. The SMILES string of the molecule is O=C(NCCc1nccs1)c1cnc(Cl)c(Cl)c1. The number of carbonyl (C=O) groups is 1. The van der Waals surface area contributed by atoms with E-state index in [0.29, 0.717) is 18.5 Å². The van der Waals surface area contributed by atoms with Crippen LogP contribution < -0.4 is 5.32 Å². The summed E-state index contributed by atoms with van der Waals surface area (Å²) in [6, 6.07) is 1.50. The number of nitrogens with one attached hydrogen (secondary N) is 1. The first-order valence-corrected chi connectivity index (χ1v) is 6.78. The standard InChI is InChI=1S/C11H9Cl2N3OS/c12-8-5-7(6-16-10(8)13)11(17)15-2-1-9-14-3-4-18-9/h3-6H,1-2H2,(H,15,17). The van der Waals surface area contributed by atoms with Crippen molar-refractivity contribution in [3.63, 3.8) is 0 Å². The summed E-state index contributed by atoms with van der Waals surface area (Å²) in [4.78, 5) is 19.7. The Kier molecular flexibility index (Phi) is 4.52. The number of aromatic nitrogens is 2. The molecule has 4 nitrogen and oxygen atoms in total. The van der Waals surface area contributed by atoms with Gasteiger partial charge in [0.1, 0.15) is 5.15 Å². The number of halogens is 2. The number of pyridine rings is 1. The largest absolute Gasteiger partial charge is 0.352 e. The van der Waals surface area contributed by atoms with Crippen LogP contribution in [0.4, 0.5) is 0 Å². The van der Waals surface area contributed by atoms with Crippen LogP contribution in [-0.4, -0.2) is 22.4 Å². The highest BCUT2D eigenvalue weighted by Gasteiger charge is 2.08. The molecule has 0 saturated heterocycles. The lowest BCUT2D eigenvalue weighted by atomic mass is 10.2. The van der Waals surface area contributed by atoms with E-state index in [9.17, 15) is 4.79 Å². The first kappa shape index (κ1) is 13.3. The molecule has 18 heavy (non-hydrogen) atoms. The Balaban J connectivity index is 1.89. The van der Waals surface area contributed by atoms with Crippen LogP contribution in [0.1, 0.15) is 15.4 Å². The molecule has 0 spiro atoms. The zero-order chi connectivity index (χ0) is 13.0. The van der Waals surface area contributed by atoms with Crippen molar-refractivity contribution in [3.8, 4) is 0 Å². The maximum atomic E-state index is 11.8. The fourth-order valence-electron chi connectivity index (χ4n) is 1.31. The lowest BCUT2D eigenvalue weighted by Gasteiger charge is -2.04. The summed E-state index contributed by atoms with van der Waals surface area (Å²) in [6.07, 6.45) is 3.84. The number of hydrogen-bond donors (Lipinski definition) is 1. The third-order valence-electron chi connectivity index (χ3n) is 2.17. The van der Waals surface area contributed by atoms with Crippen molar-refractivity contribution in [1.29, 1.82) is 0 Å². The van der Waals surface area contributed by atoms with Gasteiger partial charge in [-0.25, -0.2) is 9.97 Å². The third kappa shape index (κ3) is 3.41. The first-order chi connectivity index (χ1) is 8.66. The molecule has 0 radical (unpaired) electrons. The Morgan fingerprint density at radius 2 is 2.22 bits per heavy atom. The van der Waals surface area contributed by atoms with Gasteiger partial charge in [-0.15, -0.1) is 11.3 Å². The average molecular weight is 302 g/mol. The van der Waals surface area contributed by atoms with Crippen LogP contribution in [0.2, 0.25) is 10.2 Å². The molecule has 1 amide bonds. The molecule has 0 saturated carbocycles. The summed E-state index contributed by atoms with van der Waals surface area (Å²) < 4.78 is 0. The van der Waals surface area contributed by atoms with Gasteiger partial charge in [-0.05, 0) is 6.07 Å². The van der Waals surface area contributed by atoms with Crippen molar-refractivity contribution in [1.82, 2.24) is 15.3 Å². The highest BCUT2D eigenvalue weighted by atomic mass is 35.5. The molecule has 0 unspecified atom stereocenters. The van der Waals surface area contributed by atoms with E-state index in [-0.39, 0.29) is 16.1 Å². The molecule has 0 bridgehead atoms. The molecule has 0 aliphatic heterocycles. The van der Waals surface area contributed by atoms with Gasteiger partial charge in [0.05, 0.1) is 15.6 Å². The molecule has 2 aromatic heterocycles. The topological polar surface area (TPSA) is 54.9 Å². The molecule has 94 valence electrons.